The van der Waals surface area contributed by atoms with Crippen LogP contribution in [0.3, 0.4) is 0 Å². The third kappa shape index (κ3) is 2.89. The van der Waals surface area contributed by atoms with Crippen LogP contribution in [0.5, 0.6) is 0 Å². The molecular formula is C27H22N2. The second kappa shape index (κ2) is 6.82. The molecule has 0 aliphatic rings. The van der Waals surface area contributed by atoms with E-state index >= 15 is 0 Å². The van der Waals surface area contributed by atoms with E-state index in [-0.39, 0.29) is 0 Å². The molecular weight excluding hydrogens is 352 g/mol. The lowest BCUT2D eigenvalue weighted by Gasteiger charge is -2.16. The Kier molecular flexibility index (Phi) is 4.13. The molecule has 0 radical (unpaired) electrons. The molecule has 3 aromatic carbocycles. The SMILES string of the molecule is Cc1cc(-c2ccccc2)c2ccc3c(-c4ccccc4)c(C)c(C)nc3c2n1. The van der Waals surface area contributed by atoms with Crippen molar-refractivity contribution < 1.29 is 0 Å². The van der Waals surface area contributed by atoms with Gasteiger partial charge in [0.2, 0.25) is 0 Å². The van der Waals surface area contributed by atoms with Crippen LogP contribution in [0.15, 0.2) is 78.9 Å². The summed E-state index contributed by atoms with van der Waals surface area (Å²) in [7, 11) is 0. The van der Waals surface area contributed by atoms with Gasteiger partial charge in [-0.2, -0.15) is 0 Å². The van der Waals surface area contributed by atoms with Crippen LogP contribution in [-0.4, -0.2) is 9.97 Å². The first-order valence-corrected chi connectivity index (χ1v) is 9.95. The number of hydrogen-bond donors (Lipinski definition) is 0. The molecule has 2 heterocycles. The molecule has 2 heteroatoms. The Balaban J connectivity index is 1.92. The molecule has 0 unspecified atom stereocenters. The third-order valence-corrected chi connectivity index (χ3v) is 5.70. The minimum Gasteiger partial charge on any atom is -0.251 e. The van der Waals surface area contributed by atoms with Gasteiger partial charge in [-0.1, -0.05) is 72.8 Å². The summed E-state index contributed by atoms with van der Waals surface area (Å²) in [4.78, 5) is 9.94. The fraction of sp³-hybridized carbons (Fsp3) is 0.111. The molecule has 0 saturated heterocycles. The zero-order valence-corrected chi connectivity index (χ0v) is 16.9. The maximum atomic E-state index is 5.00. The van der Waals surface area contributed by atoms with Crippen LogP contribution in [-0.2, 0) is 0 Å². The molecule has 0 aliphatic carbocycles. The Morgan fingerprint density at radius 3 is 1.86 bits per heavy atom. The van der Waals surface area contributed by atoms with E-state index in [2.05, 4.69) is 99.6 Å². The molecule has 0 amide bonds. The normalized spacial score (nSPS) is 11.3. The van der Waals surface area contributed by atoms with E-state index in [1.165, 1.54) is 27.8 Å². The van der Waals surface area contributed by atoms with E-state index in [9.17, 15) is 0 Å². The van der Waals surface area contributed by atoms with Gasteiger partial charge in [-0.3, -0.25) is 9.97 Å². The topological polar surface area (TPSA) is 25.8 Å². The van der Waals surface area contributed by atoms with E-state index in [0.717, 1.165) is 33.2 Å². The number of rotatable bonds is 2. The lowest BCUT2D eigenvalue weighted by atomic mass is 9.92. The third-order valence-electron chi connectivity index (χ3n) is 5.70. The van der Waals surface area contributed by atoms with Crippen LogP contribution in [0.4, 0.5) is 0 Å². The van der Waals surface area contributed by atoms with Gasteiger partial charge in [0.05, 0.1) is 11.0 Å². The van der Waals surface area contributed by atoms with Crippen LogP contribution in [0.2, 0.25) is 0 Å². The first kappa shape index (κ1) is 17.6. The standard InChI is InChI=1S/C27H22N2/c1-17-16-24(20-10-6-4-7-11-20)22-14-15-23-25(21-12-8-5-9-13-21)18(2)19(3)29-27(23)26(22)28-17/h4-16H,1-3H3. The van der Waals surface area contributed by atoms with Gasteiger partial charge in [0.15, 0.2) is 0 Å². The predicted molar refractivity (Wildman–Crippen MR) is 122 cm³/mol. The predicted octanol–water partition coefficient (Wildman–Crippen LogP) is 7.04. The molecule has 2 nitrogen and oxygen atoms in total. The summed E-state index contributed by atoms with van der Waals surface area (Å²) in [6.07, 6.45) is 0. The minimum atomic E-state index is 0.974. The van der Waals surface area contributed by atoms with Crippen molar-refractivity contribution in [1.82, 2.24) is 9.97 Å². The fourth-order valence-electron chi connectivity index (χ4n) is 4.19. The molecule has 0 bridgehead atoms. The number of hydrogen-bond acceptors (Lipinski definition) is 2. The zero-order valence-electron chi connectivity index (χ0n) is 16.9. The highest BCUT2D eigenvalue weighted by molar-refractivity contribution is 6.12. The Hall–Kier alpha value is -3.52. The van der Waals surface area contributed by atoms with Crippen molar-refractivity contribution in [2.75, 3.05) is 0 Å². The van der Waals surface area contributed by atoms with E-state index in [1.807, 2.05) is 0 Å². The average molecular weight is 374 g/mol. The first-order valence-electron chi connectivity index (χ1n) is 9.95. The summed E-state index contributed by atoms with van der Waals surface area (Å²) >= 11 is 0. The number of nitrogens with zero attached hydrogens (tertiary/aromatic N) is 2. The minimum absolute atomic E-state index is 0.974. The maximum absolute atomic E-state index is 5.00. The highest BCUT2D eigenvalue weighted by Crippen LogP contribution is 2.37. The smallest absolute Gasteiger partial charge is 0.0974 e. The lowest BCUT2D eigenvalue weighted by molar-refractivity contribution is 1.19. The van der Waals surface area contributed by atoms with Crippen molar-refractivity contribution in [3.8, 4) is 22.3 Å². The number of pyridine rings is 2. The number of aromatic nitrogens is 2. The molecule has 140 valence electrons. The average Bonchev–Trinajstić information content (AvgIpc) is 2.75. The van der Waals surface area contributed by atoms with Crippen molar-refractivity contribution in [1.29, 1.82) is 0 Å². The van der Waals surface area contributed by atoms with E-state index in [4.69, 9.17) is 9.97 Å². The van der Waals surface area contributed by atoms with E-state index in [1.54, 1.807) is 0 Å². The van der Waals surface area contributed by atoms with E-state index < -0.39 is 0 Å². The monoisotopic (exact) mass is 374 g/mol. The second-order valence-corrected chi connectivity index (χ2v) is 7.60. The van der Waals surface area contributed by atoms with Crippen LogP contribution in [0.1, 0.15) is 17.0 Å². The van der Waals surface area contributed by atoms with Crippen LogP contribution in [0.25, 0.3) is 44.1 Å². The molecule has 0 saturated carbocycles. The molecule has 0 atom stereocenters. The van der Waals surface area contributed by atoms with Gasteiger partial charge in [0.25, 0.3) is 0 Å². The molecule has 0 aliphatic heterocycles. The largest absolute Gasteiger partial charge is 0.251 e. The van der Waals surface area contributed by atoms with Crippen LogP contribution < -0.4 is 0 Å². The summed E-state index contributed by atoms with van der Waals surface area (Å²) in [6, 6.07) is 27.7. The summed E-state index contributed by atoms with van der Waals surface area (Å²) in [6.45, 7) is 6.31. The summed E-state index contributed by atoms with van der Waals surface area (Å²) in [5.41, 5.74) is 10.1. The van der Waals surface area contributed by atoms with Crippen molar-refractivity contribution in [2.45, 2.75) is 20.8 Å². The van der Waals surface area contributed by atoms with Gasteiger partial charge >= 0.3 is 0 Å². The van der Waals surface area contributed by atoms with Gasteiger partial charge in [0.1, 0.15) is 0 Å². The lowest BCUT2D eigenvalue weighted by Crippen LogP contribution is -1.97. The molecule has 2 aromatic heterocycles. The molecule has 0 spiro atoms. The van der Waals surface area contributed by atoms with Gasteiger partial charge in [-0.25, -0.2) is 0 Å². The molecule has 0 N–H and O–H groups in total. The van der Waals surface area contributed by atoms with E-state index in [0.29, 0.717) is 0 Å². The Bertz CT molecular complexity index is 1350. The Morgan fingerprint density at radius 1 is 0.586 bits per heavy atom. The van der Waals surface area contributed by atoms with Gasteiger partial charge in [0, 0.05) is 22.2 Å². The quantitative estimate of drug-likeness (QED) is 0.310. The highest BCUT2D eigenvalue weighted by atomic mass is 14.8. The molecule has 29 heavy (non-hydrogen) atoms. The van der Waals surface area contributed by atoms with Crippen molar-refractivity contribution in [3.05, 3.63) is 95.8 Å². The fourth-order valence-corrected chi connectivity index (χ4v) is 4.19. The summed E-state index contributed by atoms with van der Waals surface area (Å²) in [5.74, 6) is 0. The van der Waals surface area contributed by atoms with Crippen molar-refractivity contribution in [3.63, 3.8) is 0 Å². The summed E-state index contributed by atoms with van der Waals surface area (Å²) in [5, 5.41) is 2.30. The molecule has 5 aromatic rings. The maximum Gasteiger partial charge on any atom is 0.0974 e. The number of fused-ring (bicyclic) bond motifs is 3. The van der Waals surface area contributed by atoms with Crippen molar-refractivity contribution >= 4 is 21.8 Å². The molecule has 0 fully saturated rings. The Labute approximate surface area is 170 Å². The highest BCUT2D eigenvalue weighted by Gasteiger charge is 2.16. The summed E-state index contributed by atoms with van der Waals surface area (Å²) < 4.78 is 0. The van der Waals surface area contributed by atoms with Crippen molar-refractivity contribution in [2.24, 2.45) is 0 Å². The second-order valence-electron chi connectivity index (χ2n) is 7.60. The van der Waals surface area contributed by atoms with Gasteiger partial charge in [-0.15, -0.1) is 0 Å². The van der Waals surface area contributed by atoms with Gasteiger partial charge in [-0.05, 0) is 54.7 Å². The zero-order chi connectivity index (χ0) is 20.0. The number of benzene rings is 3. The first-order chi connectivity index (χ1) is 14.1. The Morgan fingerprint density at radius 2 is 1.17 bits per heavy atom. The number of aryl methyl sites for hydroxylation is 2. The van der Waals surface area contributed by atoms with Crippen LogP contribution in [0, 0.1) is 20.8 Å². The molecule has 5 rings (SSSR count). The van der Waals surface area contributed by atoms with Gasteiger partial charge < -0.3 is 0 Å². The van der Waals surface area contributed by atoms with Crippen LogP contribution >= 0.6 is 0 Å².